The van der Waals surface area contributed by atoms with Crippen LogP contribution in [-0.2, 0) is 0 Å². The van der Waals surface area contributed by atoms with E-state index in [0.29, 0.717) is 22.6 Å². The molecule has 0 spiro atoms. The molecule has 3 rings (SSSR count). The minimum atomic E-state index is -0.433. The highest BCUT2D eigenvalue weighted by atomic mass is 19.1. The van der Waals surface area contributed by atoms with Crippen molar-refractivity contribution in [1.82, 2.24) is 19.6 Å². The topological polar surface area (TPSA) is 66.9 Å². The largest absolute Gasteiger partial charge is 0.282 e. The molecule has 0 saturated carbocycles. The second kappa shape index (κ2) is 3.89. The van der Waals surface area contributed by atoms with Crippen LogP contribution < -0.4 is 0 Å². The maximum absolute atomic E-state index is 13.1. The average molecular weight is 239 g/mol. The molecule has 0 unspecified atom stereocenters. The number of hydrogen-bond acceptors (Lipinski definition) is 4. The molecule has 18 heavy (non-hydrogen) atoms. The molecule has 86 valence electrons. The fraction of sp³-hybridized carbons (Fsp3) is 0. The number of nitrogens with zero attached hydrogens (tertiary/aromatic N) is 5. The molecule has 0 aliphatic rings. The smallest absolute Gasteiger partial charge is 0.170 e. The quantitative estimate of drug-likeness (QED) is 0.649. The van der Waals surface area contributed by atoms with E-state index < -0.39 is 5.82 Å². The van der Waals surface area contributed by atoms with E-state index in [9.17, 15) is 4.39 Å². The maximum atomic E-state index is 13.1. The van der Waals surface area contributed by atoms with E-state index >= 15 is 0 Å². The summed E-state index contributed by atoms with van der Waals surface area (Å²) in [6.45, 7) is 0. The van der Waals surface area contributed by atoms with Gasteiger partial charge in [0.25, 0.3) is 0 Å². The molecule has 3 heterocycles. The SMILES string of the molecule is N#Cc1ccn2c(-c3cncc(F)c3)nnc2c1. The summed E-state index contributed by atoms with van der Waals surface area (Å²) >= 11 is 0. The van der Waals surface area contributed by atoms with Gasteiger partial charge < -0.3 is 0 Å². The zero-order valence-electron chi connectivity index (χ0n) is 9.08. The van der Waals surface area contributed by atoms with Crippen molar-refractivity contribution < 1.29 is 4.39 Å². The van der Waals surface area contributed by atoms with E-state index in [2.05, 4.69) is 15.2 Å². The predicted octanol–water partition coefficient (Wildman–Crippen LogP) is 1.80. The second-order valence-corrected chi connectivity index (χ2v) is 3.67. The minimum absolute atomic E-state index is 0.433. The van der Waals surface area contributed by atoms with Gasteiger partial charge >= 0.3 is 0 Å². The summed E-state index contributed by atoms with van der Waals surface area (Å²) in [5, 5.41) is 16.7. The van der Waals surface area contributed by atoms with Crippen LogP contribution in [-0.4, -0.2) is 19.6 Å². The zero-order valence-corrected chi connectivity index (χ0v) is 9.08. The van der Waals surface area contributed by atoms with Crippen LogP contribution >= 0.6 is 0 Å². The summed E-state index contributed by atoms with van der Waals surface area (Å²) in [6, 6.07) is 6.62. The fourth-order valence-electron chi connectivity index (χ4n) is 1.69. The van der Waals surface area contributed by atoms with Gasteiger partial charge in [0.15, 0.2) is 11.5 Å². The third-order valence-corrected chi connectivity index (χ3v) is 2.50. The lowest BCUT2D eigenvalue weighted by Gasteiger charge is -1.99. The van der Waals surface area contributed by atoms with E-state index in [4.69, 9.17) is 5.26 Å². The molecule has 0 saturated heterocycles. The van der Waals surface area contributed by atoms with Gasteiger partial charge in [0.2, 0.25) is 0 Å². The van der Waals surface area contributed by atoms with Crippen molar-refractivity contribution in [3.8, 4) is 17.5 Å². The van der Waals surface area contributed by atoms with Crippen LogP contribution in [0.2, 0.25) is 0 Å². The minimum Gasteiger partial charge on any atom is -0.282 e. The van der Waals surface area contributed by atoms with Gasteiger partial charge in [0.05, 0.1) is 17.8 Å². The van der Waals surface area contributed by atoms with Crippen LogP contribution in [0.5, 0.6) is 0 Å². The highest BCUT2D eigenvalue weighted by Gasteiger charge is 2.09. The summed E-state index contributed by atoms with van der Waals surface area (Å²) in [4.78, 5) is 3.77. The summed E-state index contributed by atoms with van der Waals surface area (Å²) in [7, 11) is 0. The molecular weight excluding hydrogens is 233 g/mol. The predicted molar refractivity (Wildman–Crippen MR) is 60.9 cm³/mol. The number of rotatable bonds is 1. The third-order valence-electron chi connectivity index (χ3n) is 2.50. The maximum Gasteiger partial charge on any atom is 0.170 e. The molecule has 0 radical (unpaired) electrons. The summed E-state index contributed by atoms with van der Waals surface area (Å²) < 4.78 is 14.8. The molecule has 0 atom stereocenters. The van der Waals surface area contributed by atoms with Gasteiger partial charge in [-0.1, -0.05) is 0 Å². The lowest BCUT2D eigenvalue weighted by Crippen LogP contribution is -1.91. The van der Waals surface area contributed by atoms with Gasteiger partial charge in [-0.3, -0.25) is 9.38 Å². The molecule has 3 aromatic heterocycles. The van der Waals surface area contributed by atoms with Crippen molar-refractivity contribution in [2.75, 3.05) is 0 Å². The number of nitriles is 1. The molecule has 0 amide bonds. The lowest BCUT2D eigenvalue weighted by atomic mass is 10.2. The Bertz CT molecular complexity index is 771. The highest BCUT2D eigenvalue weighted by molar-refractivity contribution is 5.59. The second-order valence-electron chi connectivity index (χ2n) is 3.67. The van der Waals surface area contributed by atoms with E-state index in [-0.39, 0.29) is 0 Å². The molecule has 0 aromatic carbocycles. The van der Waals surface area contributed by atoms with Crippen LogP contribution in [0.3, 0.4) is 0 Å². The standard InChI is InChI=1S/C12H6FN5/c13-10-4-9(6-15-7-10)12-17-16-11-3-8(5-14)1-2-18(11)12/h1-4,6-7H. The van der Waals surface area contributed by atoms with Crippen molar-refractivity contribution in [3.05, 3.63) is 48.2 Å². The summed E-state index contributed by atoms with van der Waals surface area (Å²) in [6.07, 6.45) is 4.31. The third kappa shape index (κ3) is 1.58. The van der Waals surface area contributed by atoms with Crippen LogP contribution in [0.15, 0.2) is 36.8 Å². The van der Waals surface area contributed by atoms with Crippen LogP contribution in [0.4, 0.5) is 4.39 Å². The molecule has 6 heteroatoms. The van der Waals surface area contributed by atoms with Crippen LogP contribution in [0.1, 0.15) is 5.56 Å². The van der Waals surface area contributed by atoms with Crippen molar-refractivity contribution in [2.45, 2.75) is 0 Å². The van der Waals surface area contributed by atoms with E-state index in [1.54, 1.807) is 22.7 Å². The molecule has 0 aliphatic heterocycles. The number of aromatic nitrogens is 4. The van der Waals surface area contributed by atoms with Gasteiger partial charge in [-0.15, -0.1) is 10.2 Å². The first kappa shape index (κ1) is 10.4. The van der Waals surface area contributed by atoms with Gasteiger partial charge in [0.1, 0.15) is 5.82 Å². The Balaban J connectivity index is 2.22. The van der Waals surface area contributed by atoms with Crippen molar-refractivity contribution in [3.63, 3.8) is 0 Å². The van der Waals surface area contributed by atoms with E-state index in [1.165, 1.54) is 12.3 Å². The first-order chi connectivity index (χ1) is 8.78. The fourth-order valence-corrected chi connectivity index (χ4v) is 1.69. The Morgan fingerprint density at radius 3 is 2.89 bits per heavy atom. The Morgan fingerprint density at radius 2 is 2.11 bits per heavy atom. The molecule has 0 N–H and O–H groups in total. The van der Waals surface area contributed by atoms with Crippen LogP contribution in [0, 0.1) is 17.1 Å². The number of halogens is 1. The molecule has 0 fully saturated rings. The van der Waals surface area contributed by atoms with Gasteiger partial charge in [0, 0.05) is 24.0 Å². The highest BCUT2D eigenvalue weighted by Crippen LogP contribution is 2.18. The summed E-state index contributed by atoms with van der Waals surface area (Å²) in [5.74, 6) is 0.0550. The molecular formula is C12H6FN5. The monoisotopic (exact) mass is 239 g/mol. The first-order valence-corrected chi connectivity index (χ1v) is 5.14. The normalized spacial score (nSPS) is 10.4. The van der Waals surface area contributed by atoms with Gasteiger partial charge in [-0.25, -0.2) is 4.39 Å². The number of fused-ring (bicyclic) bond motifs is 1. The number of pyridine rings is 2. The molecule has 0 bridgehead atoms. The van der Waals surface area contributed by atoms with Crippen molar-refractivity contribution >= 4 is 5.65 Å². The Labute approximate surface area is 101 Å². The van der Waals surface area contributed by atoms with E-state index in [1.807, 2.05) is 6.07 Å². The Kier molecular flexibility index (Phi) is 2.24. The molecule has 0 aliphatic carbocycles. The van der Waals surface area contributed by atoms with E-state index in [0.717, 1.165) is 6.20 Å². The molecule has 3 aromatic rings. The average Bonchev–Trinajstić information content (AvgIpc) is 2.81. The number of hydrogen-bond donors (Lipinski definition) is 0. The van der Waals surface area contributed by atoms with Crippen LogP contribution in [0.25, 0.3) is 17.0 Å². The summed E-state index contributed by atoms with van der Waals surface area (Å²) in [5.41, 5.74) is 1.57. The lowest BCUT2D eigenvalue weighted by molar-refractivity contribution is 0.622. The first-order valence-electron chi connectivity index (χ1n) is 5.14. The van der Waals surface area contributed by atoms with Crippen molar-refractivity contribution in [1.29, 1.82) is 5.26 Å². The Morgan fingerprint density at radius 1 is 1.22 bits per heavy atom. The van der Waals surface area contributed by atoms with Crippen molar-refractivity contribution in [2.24, 2.45) is 0 Å². The Hall–Kier alpha value is -2.81. The molecule has 5 nitrogen and oxygen atoms in total. The van der Waals surface area contributed by atoms with Gasteiger partial charge in [-0.05, 0) is 12.1 Å². The zero-order chi connectivity index (χ0) is 12.5. The van der Waals surface area contributed by atoms with Gasteiger partial charge in [-0.2, -0.15) is 5.26 Å².